The first-order valence-electron chi connectivity index (χ1n) is 12.8. The van der Waals surface area contributed by atoms with E-state index in [1.165, 1.54) is 25.6 Å². The summed E-state index contributed by atoms with van der Waals surface area (Å²) < 4.78 is 24.4. The predicted octanol–water partition coefficient (Wildman–Crippen LogP) is 5.42. The van der Waals surface area contributed by atoms with E-state index in [9.17, 15) is 9.59 Å². The predicted molar refractivity (Wildman–Crippen MR) is 156 cm³/mol. The SMILES string of the molecule is COc1cc2nccc(Oc3ccc(NC(=O)c4c5n(c(C)c(-c6ccsc6)c4=O)CCOC5)cc3)c2nc1OC. The van der Waals surface area contributed by atoms with Crippen LogP contribution >= 0.6 is 11.3 Å². The molecule has 5 heterocycles. The molecule has 0 radical (unpaired) electrons. The zero-order valence-electron chi connectivity index (χ0n) is 22.6. The zero-order valence-corrected chi connectivity index (χ0v) is 23.4. The van der Waals surface area contributed by atoms with Crippen LogP contribution < -0.4 is 25.0 Å². The number of benzene rings is 1. The lowest BCUT2D eigenvalue weighted by atomic mass is 10.00. The van der Waals surface area contributed by atoms with Crippen LogP contribution in [0.4, 0.5) is 5.69 Å². The van der Waals surface area contributed by atoms with Crippen LogP contribution in [0.5, 0.6) is 23.1 Å². The largest absolute Gasteiger partial charge is 0.491 e. The Bertz CT molecular complexity index is 1820. The molecule has 0 bridgehead atoms. The van der Waals surface area contributed by atoms with E-state index in [1.54, 1.807) is 42.6 Å². The smallest absolute Gasteiger partial charge is 0.261 e. The van der Waals surface area contributed by atoms with Gasteiger partial charge in [-0.1, -0.05) is 0 Å². The molecule has 1 N–H and O–H groups in total. The lowest BCUT2D eigenvalue weighted by Gasteiger charge is -2.26. The van der Waals surface area contributed by atoms with Gasteiger partial charge in [0, 0.05) is 36.3 Å². The molecule has 1 aliphatic heterocycles. The summed E-state index contributed by atoms with van der Waals surface area (Å²) in [5.74, 6) is 1.30. The molecule has 0 spiro atoms. The van der Waals surface area contributed by atoms with Crippen molar-refractivity contribution in [3.8, 4) is 34.3 Å². The second-order valence-electron chi connectivity index (χ2n) is 9.28. The first kappa shape index (κ1) is 26.5. The number of anilines is 1. The maximum atomic E-state index is 13.7. The molecule has 1 amide bonds. The third-order valence-electron chi connectivity index (χ3n) is 6.93. The van der Waals surface area contributed by atoms with Crippen molar-refractivity contribution in [2.24, 2.45) is 0 Å². The molecule has 0 saturated heterocycles. The number of aromatic nitrogens is 3. The van der Waals surface area contributed by atoms with Crippen LogP contribution in [0, 0.1) is 6.92 Å². The summed E-state index contributed by atoms with van der Waals surface area (Å²) in [6.07, 6.45) is 1.62. The molecule has 11 heteroatoms. The second-order valence-corrected chi connectivity index (χ2v) is 10.1. The van der Waals surface area contributed by atoms with E-state index in [4.69, 9.17) is 18.9 Å². The molecule has 0 saturated carbocycles. The van der Waals surface area contributed by atoms with Gasteiger partial charge in [-0.05, 0) is 53.6 Å². The number of nitrogens with one attached hydrogen (secondary N) is 1. The first-order valence-corrected chi connectivity index (χ1v) is 13.8. The molecule has 0 unspecified atom stereocenters. The highest BCUT2D eigenvalue weighted by Crippen LogP contribution is 2.34. The minimum absolute atomic E-state index is 0.0931. The molecule has 0 atom stereocenters. The van der Waals surface area contributed by atoms with Crippen molar-refractivity contribution in [3.05, 3.63) is 86.6 Å². The highest BCUT2D eigenvalue weighted by Gasteiger charge is 2.27. The summed E-state index contributed by atoms with van der Waals surface area (Å²) in [6, 6.07) is 12.2. The summed E-state index contributed by atoms with van der Waals surface area (Å²) in [5, 5.41) is 6.72. The zero-order chi connectivity index (χ0) is 28.5. The van der Waals surface area contributed by atoms with E-state index in [2.05, 4.69) is 15.3 Å². The number of methoxy groups -OCH3 is 2. The Kier molecular flexibility index (Phi) is 7.12. The molecule has 208 valence electrons. The molecule has 5 aromatic rings. The Hall–Kier alpha value is -4.74. The normalized spacial score (nSPS) is 12.6. The molecule has 10 nitrogen and oxygen atoms in total. The fourth-order valence-electron chi connectivity index (χ4n) is 4.96. The van der Waals surface area contributed by atoms with Crippen molar-refractivity contribution >= 4 is 34.0 Å². The summed E-state index contributed by atoms with van der Waals surface area (Å²) in [7, 11) is 3.05. The second kappa shape index (κ2) is 11.0. The summed E-state index contributed by atoms with van der Waals surface area (Å²) in [4.78, 5) is 36.0. The minimum Gasteiger partial charge on any atom is -0.491 e. The molecule has 1 aromatic carbocycles. The number of rotatable bonds is 7. The van der Waals surface area contributed by atoms with E-state index in [-0.39, 0.29) is 17.6 Å². The monoisotopic (exact) mass is 570 g/mol. The van der Waals surface area contributed by atoms with Crippen molar-refractivity contribution in [1.82, 2.24) is 14.5 Å². The third kappa shape index (κ3) is 4.90. The van der Waals surface area contributed by atoms with Crippen molar-refractivity contribution in [1.29, 1.82) is 0 Å². The van der Waals surface area contributed by atoms with Gasteiger partial charge in [0.25, 0.3) is 11.8 Å². The van der Waals surface area contributed by atoms with Crippen LogP contribution in [-0.2, 0) is 17.9 Å². The molecule has 0 aliphatic carbocycles. The molecule has 6 rings (SSSR count). The van der Waals surface area contributed by atoms with E-state index in [0.29, 0.717) is 64.3 Å². The third-order valence-corrected chi connectivity index (χ3v) is 7.61. The Morgan fingerprint density at radius 2 is 1.93 bits per heavy atom. The lowest BCUT2D eigenvalue weighted by Crippen LogP contribution is -2.33. The summed E-state index contributed by atoms with van der Waals surface area (Å²) in [6.45, 7) is 3.20. The van der Waals surface area contributed by atoms with E-state index >= 15 is 0 Å². The van der Waals surface area contributed by atoms with Gasteiger partial charge < -0.3 is 28.8 Å². The highest BCUT2D eigenvalue weighted by atomic mass is 32.1. The van der Waals surface area contributed by atoms with Gasteiger partial charge in [0.2, 0.25) is 5.43 Å². The summed E-state index contributed by atoms with van der Waals surface area (Å²) in [5.41, 5.74) is 4.16. The fourth-order valence-corrected chi connectivity index (χ4v) is 5.61. The lowest BCUT2D eigenvalue weighted by molar-refractivity contribution is 0.0801. The van der Waals surface area contributed by atoms with Crippen molar-refractivity contribution < 1.29 is 23.7 Å². The average Bonchev–Trinajstić information content (AvgIpc) is 3.52. The van der Waals surface area contributed by atoms with Gasteiger partial charge >= 0.3 is 0 Å². The number of thiophene rings is 1. The van der Waals surface area contributed by atoms with E-state index in [0.717, 1.165) is 11.3 Å². The molecule has 1 aliphatic rings. The van der Waals surface area contributed by atoms with Gasteiger partial charge in [-0.15, -0.1) is 0 Å². The number of carbonyl (C=O) groups is 1. The van der Waals surface area contributed by atoms with Crippen LogP contribution in [0.2, 0.25) is 0 Å². The first-order chi connectivity index (χ1) is 20.0. The Balaban J connectivity index is 1.28. The van der Waals surface area contributed by atoms with Gasteiger partial charge in [0.1, 0.15) is 16.8 Å². The van der Waals surface area contributed by atoms with Crippen LogP contribution in [-0.4, -0.2) is 41.3 Å². The number of pyridine rings is 3. The van der Waals surface area contributed by atoms with Crippen LogP contribution in [0.15, 0.2) is 64.2 Å². The van der Waals surface area contributed by atoms with Crippen molar-refractivity contribution in [3.63, 3.8) is 0 Å². The minimum atomic E-state index is -0.486. The van der Waals surface area contributed by atoms with Crippen LogP contribution in [0.3, 0.4) is 0 Å². The van der Waals surface area contributed by atoms with Crippen LogP contribution in [0.25, 0.3) is 22.2 Å². The number of carbonyl (C=O) groups excluding carboxylic acids is 1. The maximum absolute atomic E-state index is 13.7. The standard InChI is InChI=1S/C30H26N4O6S/c1-17-25(18-9-13-41-16-18)28(35)26(22-15-39-12-11-34(17)22)29(36)32-19-4-6-20(7-5-19)40-23-8-10-31-21-14-24(37-2)30(38-3)33-27(21)23/h4-10,13-14,16H,11-12,15H2,1-3H3,(H,32,36). The number of ether oxygens (including phenoxy) is 4. The number of hydrogen-bond acceptors (Lipinski definition) is 9. The van der Waals surface area contributed by atoms with E-state index < -0.39 is 5.91 Å². The molecular weight excluding hydrogens is 544 g/mol. The van der Waals surface area contributed by atoms with Gasteiger partial charge in [0.15, 0.2) is 11.5 Å². The van der Waals surface area contributed by atoms with Gasteiger partial charge in [0.05, 0.1) is 44.2 Å². The number of hydrogen-bond donors (Lipinski definition) is 1. The van der Waals surface area contributed by atoms with Gasteiger partial charge in [-0.2, -0.15) is 11.3 Å². The Labute approximate surface area is 239 Å². The summed E-state index contributed by atoms with van der Waals surface area (Å²) >= 11 is 1.51. The Morgan fingerprint density at radius 1 is 1.10 bits per heavy atom. The number of fused-ring (bicyclic) bond motifs is 2. The highest BCUT2D eigenvalue weighted by molar-refractivity contribution is 7.08. The van der Waals surface area contributed by atoms with Gasteiger partial charge in [-0.3, -0.25) is 14.6 Å². The fraction of sp³-hybridized carbons (Fsp3) is 0.200. The van der Waals surface area contributed by atoms with Crippen LogP contribution in [0.1, 0.15) is 21.7 Å². The average molecular weight is 571 g/mol. The molecular formula is C30H26N4O6S. The number of amides is 1. The van der Waals surface area contributed by atoms with Gasteiger partial charge in [-0.25, -0.2) is 4.98 Å². The quantitative estimate of drug-likeness (QED) is 0.276. The Morgan fingerprint density at radius 3 is 2.66 bits per heavy atom. The maximum Gasteiger partial charge on any atom is 0.261 e. The molecule has 4 aromatic heterocycles. The molecule has 0 fully saturated rings. The van der Waals surface area contributed by atoms with Crippen molar-refractivity contribution in [2.75, 3.05) is 26.1 Å². The van der Waals surface area contributed by atoms with E-state index in [1.807, 2.05) is 28.3 Å². The molecule has 41 heavy (non-hydrogen) atoms. The number of nitrogens with zero attached hydrogens (tertiary/aromatic N) is 3. The van der Waals surface area contributed by atoms with Crippen molar-refractivity contribution in [2.45, 2.75) is 20.1 Å². The topological polar surface area (TPSA) is 114 Å².